The number of imidazole rings is 1. The number of anilines is 1. The SMILES string of the molecule is CC(C)(C)CC(C)(C)n1c(N)nc2cc(Cl)cnc21. The lowest BCUT2D eigenvalue weighted by Gasteiger charge is -2.34. The Kier molecular flexibility index (Phi) is 3.25. The highest BCUT2D eigenvalue weighted by Gasteiger charge is 2.30. The molecule has 0 aromatic carbocycles. The van der Waals surface area contributed by atoms with Crippen LogP contribution in [0.15, 0.2) is 12.3 Å². The van der Waals surface area contributed by atoms with Crippen LogP contribution in [0.3, 0.4) is 0 Å². The molecule has 4 nitrogen and oxygen atoms in total. The molecule has 0 unspecified atom stereocenters. The highest BCUT2D eigenvalue weighted by atomic mass is 35.5. The highest BCUT2D eigenvalue weighted by molar-refractivity contribution is 6.31. The third-order valence-corrected chi connectivity index (χ3v) is 3.26. The molecule has 0 aliphatic rings. The number of nitrogens with two attached hydrogens (primary N) is 1. The molecule has 104 valence electrons. The van der Waals surface area contributed by atoms with Gasteiger partial charge in [0.1, 0.15) is 5.52 Å². The third kappa shape index (κ3) is 2.84. The maximum absolute atomic E-state index is 6.08. The summed E-state index contributed by atoms with van der Waals surface area (Å²) < 4.78 is 2.00. The van der Waals surface area contributed by atoms with Gasteiger partial charge in [-0.1, -0.05) is 32.4 Å². The summed E-state index contributed by atoms with van der Waals surface area (Å²) in [4.78, 5) is 8.75. The zero-order valence-corrected chi connectivity index (χ0v) is 12.9. The number of halogens is 1. The van der Waals surface area contributed by atoms with E-state index in [0.717, 1.165) is 17.6 Å². The van der Waals surface area contributed by atoms with Crippen LogP contribution in [-0.2, 0) is 5.54 Å². The van der Waals surface area contributed by atoms with E-state index < -0.39 is 0 Å². The molecule has 0 saturated carbocycles. The van der Waals surface area contributed by atoms with Gasteiger partial charge in [-0.2, -0.15) is 0 Å². The van der Waals surface area contributed by atoms with Crippen molar-refractivity contribution >= 4 is 28.7 Å². The Morgan fingerprint density at radius 2 is 1.89 bits per heavy atom. The van der Waals surface area contributed by atoms with Crippen molar-refractivity contribution in [3.05, 3.63) is 17.3 Å². The molecule has 0 saturated heterocycles. The Hall–Kier alpha value is -1.29. The average molecular weight is 281 g/mol. The molecular weight excluding hydrogens is 260 g/mol. The molecule has 0 fully saturated rings. The highest BCUT2D eigenvalue weighted by Crippen LogP contribution is 2.36. The molecule has 0 aliphatic carbocycles. The summed E-state index contributed by atoms with van der Waals surface area (Å²) in [5.74, 6) is 0.485. The fourth-order valence-corrected chi connectivity index (χ4v) is 3.08. The van der Waals surface area contributed by atoms with Crippen LogP contribution < -0.4 is 5.73 Å². The zero-order valence-electron chi connectivity index (χ0n) is 12.2. The van der Waals surface area contributed by atoms with Crippen molar-refractivity contribution in [2.45, 2.75) is 46.6 Å². The summed E-state index contributed by atoms with van der Waals surface area (Å²) in [5.41, 5.74) is 7.65. The van der Waals surface area contributed by atoms with Gasteiger partial charge in [0, 0.05) is 11.7 Å². The minimum atomic E-state index is -0.155. The van der Waals surface area contributed by atoms with Crippen LogP contribution in [-0.4, -0.2) is 14.5 Å². The summed E-state index contributed by atoms with van der Waals surface area (Å²) in [6.45, 7) is 11.0. The summed E-state index contributed by atoms with van der Waals surface area (Å²) >= 11 is 5.95. The van der Waals surface area contributed by atoms with Crippen LogP contribution in [0.2, 0.25) is 5.02 Å². The molecule has 0 aliphatic heterocycles. The number of hydrogen-bond acceptors (Lipinski definition) is 3. The van der Waals surface area contributed by atoms with Gasteiger partial charge in [-0.05, 0) is 31.7 Å². The number of fused-ring (bicyclic) bond motifs is 1. The third-order valence-electron chi connectivity index (χ3n) is 3.06. The number of nitrogens with zero attached hydrogens (tertiary/aromatic N) is 3. The van der Waals surface area contributed by atoms with E-state index in [4.69, 9.17) is 17.3 Å². The monoisotopic (exact) mass is 280 g/mol. The number of pyridine rings is 1. The maximum Gasteiger partial charge on any atom is 0.202 e. The molecule has 0 amide bonds. The summed E-state index contributed by atoms with van der Waals surface area (Å²) in [6, 6.07) is 1.80. The molecule has 0 radical (unpaired) electrons. The van der Waals surface area contributed by atoms with Crippen molar-refractivity contribution in [2.75, 3.05) is 5.73 Å². The maximum atomic E-state index is 6.08. The number of aromatic nitrogens is 3. The topological polar surface area (TPSA) is 56.7 Å². The first-order valence-electron chi connectivity index (χ1n) is 6.40. The quantitative estimate of drug-likeness (QED) is 0.909. The first kappa shape index (κ1) is 14.1. The van der Waals surface area contributed by atoms with E-state index in [2.05, 4.69) is 44.6 Å². The fraction of sp³-hybridized carbons (Fsp3) is 0.571. The van der Waals surface area contributed by atoms with Gasteiger partial charge in [0.25, 0.3) is 0 Å². The summed E-state index contributed by atoms with van der Waals surface area (Å²) in [5, 5.41) is 0.575. The van der Waals surface area contributed by atoms with Crippen molar-refractivity contribution in [1.29, 1.82) is 0 Å². The van der Waals surface area contributed by atoms with E-state index in [0.29, 0.717) is 11.0 Å². The molecule has 0 spiro atoms. The van der Waals surface area contributed by atoms with Crippen LogP contribution in [0.25, 0.3) is 11.2 Å². The Labute approximate surface area is 119 Å². The zero-order chi connectivity index (χ0) is 14.4. The second-order valence-corrected chi connectivity index (χ2v) is 7.29. The van der Waals surface area contributed by atoms with Crippen molar-refractivity contribution in [3.63, 3.8) is 0 Å². The van der Waals surface area contributed by atoms with Gasteiger partial charge >= 0.3 is 0 Å². The Bertz CT molecular complexity index is 608. The van der Waals surface area contributed by atoms with E-state index in [1.165, 1.54) is 0 Å². The molecule has 0 atom stereocenters. The average Bonchev–Trinajstić information content (AvgIpc) is 2.49. The smallest absolute Gasteiger partial charge is 0.202 e. The lowest BCUT2D eigenvalue weighted by molar-refractivity contribution is 0.221. The van der Waals surface area contributed by atoms with Gasteiger partial charge in [0.05, 0.1) is 5.02 Å². The predicted molar refractivity (Wildman–Crippen MR) is 80.3 cm³/mol. The summed E-state index contributed by atoms with van der Waals surface area (Å²) in [7, 11) is 0. The molecule has 2 rings (SSSR count). The molecule has 2 N–H and O–H groups in total. The van der Waals surface area contributed by atoms with Crippen molar-refractivity contribution < 1.29 is 0 Å². The second-order valence-electron chi connectivity index (χ2n) is 6.85. The summed E-state index contributed by atoms with van der Waals surface area (Å²) in [6.07, 6.45) is 2.61. The van der Waals surface area contributed by atoms with Gasteiger partial charge in [0.15, 0.2) is 5.65 Å². The van der Waals surface area contributed by atoms with E-state index in [-0.39, 0.29) is 11.0 Å². The van der Waals surface area contributed by atoms with Crippen LogP contribution >= 0.6 is 11.6 Å². The standard InChI is InChI=1S/C14H21ClN4/c1-13(2,3)8-14(4,5)19-11-10(18-12(19)16)6-9(15)7-17-11/h6-7H,8H2,1-5H3,(H2,16,18). The minimum Gasteiger partial charge on any atom is -0.369 e. The Morgan fingerprint density at radius 3 is 2.47 bits per heavy atom. The van der Waals surface area contributed by atoms with Gasteiger partial charge in [0.2, 0.25) is 5.95 Å². The van der Waals surface area contributed by atoms with Crippen LogP contribution in [0.5, 0.6) is 0 Å². The van der Waals surface area contributed by atoms with E-state index in [9.17, 15) is 0 Å². The van der Waals surface area contributed by atoms with Crippen LogP contribution in [0, 0.1) is 5.41 Å². The normalized spacial score (nSPS) is 13.2. The minimum absolute atomic E-state index is 0.155. The lowest BCUT2D eigenvalue weighted by Crippen LogP contribution is -2.32. The number of nitrogen functional groups attached to an aromatic ring is 1. The molecule has 19 heavy (non-hydrogen) atoms. The molecular formula is C14H21ClN4. The number of rotatable bonds is 2. The van der Waals surface area contributed by atoms with Crippen LogP contribution in [0.4, 0.5) is 5.95 Å². The van der Waals surface area contributed by atoms with Crippen molar-refractivity contribution in [3.8, 4) is 0 Å². The Balaban J connectivity index is 2.58. The van der Waals surface area contributed by atoms with Gasteiger partial charge in [-0.15, -0.1) is 0 Å². The van der Waals surface area contributed by atoms with E-state index >= 15 is 0 Å². The van der Waals surface area contributed by atoms with E-state index in [1.807, 2.05) is 4.57 Å². The molecule has 0 bridgehead atoms. The van der Waals surface area contributed by atoms with Gasteiger partial charge in [-0.3, -0.25) is 4.57 Å². The van der Waals surface area contributed by atoms with Crippen molar-refractivity contribution in [2.24, 2.45) is 5.41 Å². The largest absolute Gasteiger partial charge is 0.369 e. The van der Waals surface area contributed by atoms with E-state index in [1.54, 1.807) is 12.3 Å². The van der Waals surface area contributed by atoms with Gasteiger partial charge in [-0.25, -0.2) is 9.97 Å². The van der Waals surface area contributed by atoms with Crippen LogP contribution in [0.1, 0.15) is 41.0 Å². The lowest BCUT2D eigenvalue weighted by atomic mass is 9.81. The molecule has 5 heteroatoms. The second kappa shape index (κ2) is 4.37. The fourth-order valence-electron chi connectivity index (χ4n) is 2.93. The first-order chi connectivity index (χ1) is 8.60. The molecule has 2 heterocycles. The Morgan fingerprint density at radius 1 is 1.26 bits per heavy atom. The molecule has 2 aromatic heterocycles. The number of hydrogen-bond donors (Lipinski definition) is 1. The predicted octanol–water partition coefficient (Wildman–Crippen LogP) is 3.84. The van der Waals surface area contributed by atoms with Crippen molar-refractivity contribution in [1.82, 2.24) is 14.5 Å². The molecule has 2 aromatic rings. The first-order valence-corrected chi connectivity index (χ1v) is 6.78. The van der Waals surface area contributed by atoms with Gasteiger partial charge < -0.3 is 5.73 Å².